The Kier molecular flexibility index (Phi) is 4.48. The van der Waals surface area contributed by atoms with Gasteiger partial charge in [0.05, 0.1) is 4.92 Å². The summed E-state index contributed by atoms with van der Waals surface area (Å²) < 4.78 is 0. The van der Waals surface area contributed by atoms with Gasteiger partial charge in [-0.2, -0.15) is 0 Å². The van der Waals surface area contributed by atoms with Crippen LogP contribution in [0.4, 0.5) is 5.69 Å². The number of hydrogen-bond acceptors (Lipinski definition) is 3. The fraction of sp³-hybridized carbons (Fsp3) is 0.250. The largest absolute Gasteiger partial charge is 0.298 e. The summed E-state index contributed by atoms with van der Waals surface area (Å²) in [5, 5.41) is 10.9. The Morgan fingerprint density at radius 1 is 1.05 bits per heavy atom. The number of nitrogens with zero attached hydrogens (tertiary/aromatic N) is 2. The van der Waals surface area contributed by atoms with Crippen molar-refractivity contribution >= 4 is 5.69 Å². The second kappa shape index (κ2) is 6.30. The van der Waals surface area contributed by atoms with E-state index in [-0.39, 0.29) is 10.6 Å². The Bertz CT molecular complexity index is 597. The van der Waals surface area contributed by atoms with Crippen LogP contribution in [0, 0.1) is 17.0 Å². The van der Waals surface area contributed by atoms with Gasteiger partial charge in [0.2, 0.25) is 0 Å². The summed E-state index contributed by atoms with van der Waals surface area (Å²) in [6, 6.07) is 15.4. The minimum absolute atomic E-state index is 0.190. The highest BCUT2D eigenvalue weighted by atomic mass is 16.6. The maximum atomic E-state index is 10.9. The second-order valence-corrected chi connectivity index (χ2v) is 4.98. The predicted molar refractivity (Wildman–Crippen MR) is 79.4 cm³/mol. The highest BCUT2D eigenvalue weighted by Gasteiger charge is 2.14. The molecule has 0 aromatic heterocycles. The molecule has 4 heteroatoms. The van der Waals surface area contributed by atoms with Crippen molar-refractivity contribution in [2.24, 2.45) is 0 Å². The molecular formula is C16H18N2O2. The van der Waals surface area contributed by atoms with Crippen LogP contribution < -0.4 is 0 Å². The van der Waals surface area contributed by atoms with Gasteiger partial charge < -0.3 is 0 Å². The topological polar surface area (TPSA) is 46.4 Å². The molecule has 2 aromatic rings. The molecule has 0 bridgehead atoms. The van der Waals surface area contributed by atoms with E-state index in [4.69, 9.17) is 0 Å². The molecule has 0 aliphatic rings. The van der Waals surface area contributed by atoms with Crippen LogP contribution in [-0.4, -0.2) is 16.9 Å². The van der Waals surface area contributed by atoms with Crippen LogP contribution in [-0.2, 0) is 13.1 Å². The van der Waals surface area contributed by atoms with Crippen molar-refractivity contribution < 1.29 is 4.92 Å². The summed E-state index contributed by atoms with van der Waals surface area (Å²) in [4.78, 5) is 12.8. The van der Waals surface area contributed by atoms with E-state index in [0.29, 0.717) is 6.54 Å². The third-order valence-corrected chi connectivity index (χ3v) is 3.35. The van der Waals surface area contributed by atoms with E-state index >= 15 is 0 Å². The van der Waals surface area contributed by atoms with Crippen molar-refractivity contribution in [3.63, 3.8) is 0 Å². The molecule has 0 spiro atoms. The molecule has 2 aromatic carbocycles. The number of rotatable bonds is 5. The van der Waals surface area contributed by atoms with Crippen LogP contribution in [0.15, 0.2) is 48.5 Å². The normalized spacial score (nSPS) is 10.8. The van der Waals surface area contributed by atoms with E-state index < -0.39 is 0 Å². The molecule has 0 aliphatic carbocycles. The summed E-state index contributed by atoms with van der Waals surface area (Å²) in [7, 11) is 2.02. The maximum Gasteiger partial charge on any atom is 0.272 e. The fourth-order valence-corrected chi connectivity index (χ4v) is 2.28. The zero-order valence-electron chi connectivity index (χ0n) is 11.7. The molecule has 0 radical (unpaired) electrons. The van der Waals surface area contributed by atoms with Gasteiger partial charge in [-0.1, -0.05) is 42.5 Å². The summed E-state index contributed by atoms with van der Waals surface area (Å²) >= 11 is 0. The highest BCUT2D eigenvalue weighted by Crippen LogP contribution is 2.22. The standard InChI is InChI=1S/C16H18N2O2/c1-13-15(9-6-10-16(13)18(19)20)12-17(2)11-14-7-4-3-5-8-14/h3-10H,11-12H2,1-2H3. The molecule has 0 amide bonds. The zero-order chi connectivity index (χ0) is 14.5. The van der Waals surface area contributed by atoms with E-state index in [2.05, 4.69) is 17.0 Å². The summed E-state index contributed by atoms with van der Waals surface area (Å²) in [6.45, 7) is 3.33. The van der Waals surface area contributed by atoms with Gasteiger partial charge in [0.1, 0.15) is 0 Å². The Labute approximate surface area is 118 Å². The third-order valence-electron chi connectivity index (χ3n) is 3.35. The van der Waals surface area contributed by atoms with Crippen LogP contribution in [0.1, 0.15) is 16.7 Å². The molecule has 0 saturated heterocycles. The van der Waals surface area contributed by atoms with Crippen LogP contribution in [0.3, 0.4) is 0 Å². The summed E-state index contributed by atoms with van der Waals surface area (Å²) in [5.41, 5.74) is 3.17. The quantitative estimate of drug-likeness (QED) is 0.616. The van der Waals surface area contributed by atoms with Gasteiger partial charge in [-0.15, -0.1) is 0 Å². The summed E-state index contributed by atoms with van der Waals surface area (Å²) in [5.74, 6) is 0. The first-order valence-electron chi connectivity index (χ1n) is 6.53. The van der Waals surface area contributed by atoms with Crippen molar-refractivity contribution in [1.82, 2.24) is 4.90 Å². The number of nitro groups is 1. The van der Waals surface area contributed by atoms with Gasteiger partial charge in [0, 0.05) is 24.7 Å². The molecule has 104 valence electrons. The van der Waals surface area contributed by atoms with E-state index in [9.17, 15) is 10.1 Å². The average molecular weight is 270 g/mol. The molecule has 20 heavy (non-hydrogen) atoms. The van der Waals surface area contributed by atoms with Crippen molar-refractivity contribution in [2.45, 2.75) is 20.0 Å². The smallest absolute Gasteiger partial charge is 0.272 e. The number of hydrogen-bond donors (Lipinski definition) is 0. The van der Waals surface area contributed by atoms with Crippen LogP contribution in [0.25, 0.3) is 0 Å². The van der Waals surface area contributed by atoms with Crippen LogP contribution >= 0.6 is 0 Å². The molecule has 4 nitrogen and oxygen atoms in total. The van der Waals surface area contributed by atoms with Gasteiger partial charge >= 0.3 is 0 Å². The number of nitro benzene ring substituents is 1. The monoisotopic (exact) mass is 270 g/mol. The molecule has 0 N–H and O–H groups in total. The first kappa shape index (κ1) is 14.2. The van der Waals surface area contributed by atoms with E-state index in [0.717, 1.165) is 17.7 Å². The van der Waals surface area contributed by atoms with Gasteiger partial charge in [0.25, 0.3) is 5.69 Å². The lowest BCUT2D eigenvalue weighted by molar-refractivity contribution is -0.385. The maximum absolute atomic E-state index is 10.9. The van der Waals surface area contributed by atoms with Crippen molar-refractivity contribution in [3.05, 3.63) is 75.3 Å². The Morgan fingerprint density at radius 2 is 1.75 bits per heavy atom. The SMILES string of the molecule is Cc1c(CN(C)Cc2ccccc2)cccc1[N+](=O)[O-]. The molecule has 2 rings (SSSR count). The average Bonchev–Trinajstić information content (AvgIpc) is 2.42. The zero-order valence-corrected chi connectivity index (χ0v) is 11.7. The van der Waals surface area contributed by atoms with E-state index in [1.165, 1.54) is 5.56 Å². The second-order valence-electron chi connectivity index (χ2n) is 4.98. The van der Waals surface area contributed by atoms with Crippen molar-refractivity contribution in [1.29, 1.82) is 0 Å². The third kappa shape index (κ3) is 3.42. The molecule has 0 aliphatic heterocycles. The Morgan fingerprint density at radius 3 is 2.40 bits per heavy atom. The van der Waals surface area contributed by atoms with Crippen LogP contribution in [0.5, 0.6) is 0 Å². The minimum atomic E-state index is -0.323. The minimum Gasteiger partial charge on any atom is -0.298 e. The Balaban J connectivity index is 2.10. The molecule has 0 atom stereocenters. The fourth-order valence-electron chi connectivity index (χ4n) is 2.28. The Hall–Kier alpha value is -2.20. The molecular weight excluding hydrogens is 252 g/mol. The van der Waals surface area contributed by atoms with E-state index in [1.807, 2.05) is 38.2 Å². The molecule has 0 fully saturated rings. The predicted octanol–water partition coefficient (Wildman–Crippen LogP) is 3.54. The van der Waals surface area contributed by atoms with Crippen molar-refractivity contribution in [3.8, 4) is 0 Å². The lowest BCUT2D eigenvalue weighted by Crippen LogP contribution is -2.18. The lowest BCUT2D eigenvalue weighted by atomic mass is 10.1. The van der Waals surface area contributed by atoms with Crippen molar-refractivity contribution in [2.75, 3.05) is 7.05 Å². The summed E-state index contributed by atoms with van der Waals surface area (Å²) in [6.07, 6.45) is 0. The van der Waals surface area contributed by atoms with Crippen LogP contribution in [0.2, 0.25) is 0 Å². The molecule has 0 saturated carbocycles. The first-order chi connectivity index (χ1) is 9.58. The molecule has 0 unspecified atom stereocenters. The highest BCUT2D eigenvalue weighted by molar-refractivity contribution is 5.44. The molecule has 0 heterocycles. The first-order valence-corrected chi connectivity index (χ1v) is 6.53. The van der Waals surface area contributed by atoms with Gasteiger partial charge in [-0.25, -0.2) is 0 Å². The number of benzene rings is 2. The van der Waals surface area contributed by atoms with Gasteiger partial charge in [-0.05, 0) is 25.1 Å². The van der Waals surface area contributed by atoms with Gasteiger partial charge in [0.15, 0.2) is 0 Å². The lowest BCUT2D eigenvalue weighted by Gasteiger charge is -2.18. The van der Waals surface area contributed by atoms with E-state index in [1.54, 1.807) is 12.1 Å². The van der Waals surface area contributed by atoms with Gasteiger partial charge in [-0.3, -0.25) is 15.0 Å².